The zero-order chi connectivity index (χ0) is 13.0. The number of carbonyl (C=O) groups is 1. The SMILES string of the molecule is O=C(O)COC1(c2ccc(I)cc2)CCOCC1. The molecule has 0 unspecified atom stereocenters. The van der Waals surface area contributed by atoms with Gasteiger partial charge in [0.2, 0.25) is 0 Å². The van der Waals surface area contributed by atoms with Gasteiger partial charge in [0.15, 0.2) is 0 Å². The van der Waals surface area contributed by atoms with Gasteiger partial charge in [0, 0.05) is 29.6 Å². The Morgan fingerprint density at radius 3 is 2.50 bits per heavy atom. The summed E-state index contributed by atoms with van der Waals surface area (Å²) >= 11 is 2.24. The number of rotatable bonds is 4. The topological polar surface area (TPSA) is 55.8 Å². The highest BCUT2D eigenvalue weighted by atomic mass is 127. The Labute approximate surface area is 119 Å². The average molecular weight is 362 g/mol. The van der Waals surface area contributed by atoms with Crippen LogP contribution in [0.15, 0.2) is 24.3 Å². The van der Waals surface area contributed by atoms with E-state index in [0.29, 0.717) is 26.1 Å². The van der Waals surface area contributed by atoms with E-state index in [1.54, 1.807) is 0 Å². The van der Waals surface area contributed by atoms with Crippen molar-refractivity contribution >= 4 is 28.6 Å². The first kappa shape index (κ1) is 13.8. The van der Waals surface area contributed by atoms with Gasteiger partial charge in [-0.2, -0.15) is 0 Å². The fraction of sp³-hybridized carbons (Fsp3) is 0.462. The molecule has 0 aliphatic carbocycles. The second-order valence-corrected chi connectivity index (χ2v) is 5.54. The zero-order valence-electron chi connectivity index (χ0n) is 9.89. The molecular weight excluding hydrogens is 347 g/mol. The number of hydrogen-bond donors (Lipinski definition) is 1. The quantitative estimate of drug-likeness (QED) is 0.836. The van der Waals surface area contributed by atoms with Gasteiger partial charge in [0.1, 0.15) is 6.61 Å². The first-order chi connectivity index (χ1) is 8.62. The lowest BCUT2D eigenvalue weighted by Crippen LogP contribution is -2.38. The van der Waals surface area contributed by atoms with Crippen molar-refractivity contribution < 1.29 is 19.4 Å². The van der Waals surface area contributed by atoms with Crippen LogP contribution in [0.2, 0.25) is 0 Å². The molecule has 1 N–H and O–H groups in total. The summed E-state index contributed by atoms with van der Waals surface area (Å²) < 4.78 is 12.2. The van der Waals surface area contributed by atoms with Crippen molar-refractivity contribution in [2.45, 2.75) is 18.4 Å². The van der Waals surface area contributed by atoms with E-state index >= 15 is 0 Å². The molecule has 18 heavy (non-hydrogen) atoms. The highest BCUT2D eigenvalue weighted by molar-refractivity contribution is 14.1. The van der Waals surface area contributed by atoms with Crippen LogP contribution in [0, 0.1) is 3.57 Å². The number of benzene rings is 1. The van der Waals surface area contributed by atoms with Crippen molar-refractivity contribution in [3.63, 3.8) is 0 Å². The smallest absolute Gasteiger partial charge is 0.329 e. The molecule has 0 atom stereocenters. The largest absolute Gasteiger partial charge is 0.480 e. The predicted octanol–water partition coefficient (Wildman–Crippen LogP) is 2.40. The Kier molecular flexibility index (Phi) is 4.58. The van der Waals surface area contributed by atoms with E-state index in [2.05, 4.69) is 22.6 Å². The van der Waals surface area contributed by atoms with Gasteiger partial charge >= 0.3 is 5.97 Å². The molecule has 0 amide bonds. The molecule has 1 aromatic carbocycles. The van der Waals surface area contributed by atoms with Crippen molar-refractivity contribution in [1.29, 1.82) is 0 Å². The van der Waals surface area contributed by atoms with Gasteiger partial charge < -0.3 is 14.6 Å². The fourth-order valence-corrected chi connectivity index (χ4v) is 2.53. The lowest BCUT2D eigenvalue weighted by Gasteiger charge is -2.37. The molecule has 1 saturated heterocycles. The van der Waals surface area contributed by atoms with E-state index in [9.17, 15) is 4.79 Å². The summed E-state index contributed by atoms with van der Waals surface area (Å²) in [6, 6.07) is 8.04. The van der Waals surface area contributed by atoms with Gasteiger partial charge in [-0.05, 0) is 40.3 Å². The minimum Gasteiger partial charge on any atom is -0.480 e. The van der Waals surface area contributed by atoms with Crippen molar-refractivity contribution in [2.75, 3.05) is 19.8 Å². The van der Waals surface area contributed by atoms with Gasteiger partial charge in [-0.25, -0.2) is 4.79 Å². The lowest BCUT2D eigenvalue weighted by molar-refractivity contribution is -0.159. The molecule has 1 fully saturated rings. The molecule has 1 aliphatic rings. The molecule has 5 heteroatoms. The van der Waals surface area contributed by atoms with Crippen LogP contribution in [0.3, 0.4) is 0 Å². The molecule has 4 nitrogen and oxygen atoms in total. The molecule has 98 valence electrons. The van der Waals surface area contributed by atoms with Crippen LogP contribution in [0.5, 0.6) is 0 Å². The molecule has 1 aromatic rings. The first-order valence-corrected chi connectivity index (χ1v) is 6.90. The summed E-state index contributed by atoms with van der Waals surface area (Å²) in [6.45, 7) is 0.934. The van der Waals surface area contributed by atoms with Crippen LogP contribution in [0.1, 0.15) is 18.4 Å². The third-order valence-electron chi connectivity index (χ3n) is 3.14. The number of hydrogen-bond acceptors (Lipinski definition) is 3. The number of aliphatic carboxylic acids is 1. The van der Waals surface area contributed by atoms with E-state index in [1.165, 1.54) is 0 Å². The standard InChI is InChI=1S/C13H15IO4/c14-11-3-1-10(2-4-11)13(18-9-12(15)16)5-7-17-8-6-13/h1-4H,5-9H2,(H,15,16). The Bertz CT molecular complexity index is 410. The van der Waals surface area contributed by atoms with Crippen molar-refractivity contribution in [3.8, 4) is 0 Å². The molecule has 0 bridgehead atoms. The third kappa shape index (κ3) is 3.21. The lowest BCUT2D eigenvalue weighted by atomic mass is 9.86. The van der Waals surface area contributed by atoms with Crippen LogP contribution in [-0.4, -0.2) is 30.9 Å². The van der Waals surface area contributed by atoms with E-state index in [1.807, 2.05) is 24.3 Å². The fourth-order valence-electron chi connectivity index (χ4n) is 2.17. The Morgan fingerprint density at radius 2 is 1.94 bits per heavy atom. The van der Waals surface area contributed by atoms with Crippen LogP contribution in [-0.2, 0) is 19.9 Å². The summed E-state index contributed by atoms with van der Waals surface area (Å²) in [6.07, 6.45) is 1.39. The van der Waals surface area contributed by atoms with Gasteiger partial charge in [-0.3, -0.25) is 0 Å². The molecular formula is C13H15IO4. The summed E-state index contributed by atoms with van der Waals surface area (Å²) in [4.78, 5) is 10.7. The second-order valence-electron chi connectivity index (χ2n) is 4.30. The molecule has 1 aliphatic heterocycles. The molecule has 1 heterocycles. The summed E-state index contributed by atoms with van der Waals surface area (Å²) in [5, 5.41) is 8.79. The molecule has 0 saturated carbocycles. The van der Waals surface area contributed by atoms with E-state index in [0.717, 1.165) is 9.13 Å². The Balaban J connectivity index is 2.22. The zero-order valence-corrected chi connectivity index (χ0v) is 12.1. The van der Waals surface area contributed by atoms with E-state index in [4.69, 9.17) is 14.6 Å². The van der Waals surface area contributed by atoms with Crippen molar-refractivity contribution in [2.24, 2.45) is 0 Å². The Morgan fingerprint density at radius 1 is 1.33 bits per heavy atom. The second kappa shape index (κ2) is 5.99. The van der Waals surface area contributed by atoms with Crippen LogP contribution in [0.25, 0.3) is 0 Å². The van der Waals surface area contributed by atoms with Crippen molar-refractivity contribution in [3.05, 3.63) is 33.4 Å². The summed E-state index contributed by atoms with van der Waals surface area (Å²) in [5.74, 6) is -0.939. The predicted molar refractivity (Wildman–Crippen MR) is 74.5 cm³/mol. The number of carboxylic acid groups (broad SMARTS) is 1. The maximum absolute atomic E-state index is 10.7. The summed E-state index contributed by atoms with van der Waals surface area (Å²) in [7, 11) is 0. The highest BCUT2D eigenvalue weighted by Crippen LogP contribution is 2.36. The molecule has 0 aromatic heterocycles. The minimum absolute atomic E-state index is 0.272. The highest BCUT2D eigenvalue weighted by Gasteiger charge is 2.36. The number of ether oxygens (including phenoxy) is 2. The van der Waals surface area contributed by atoms with E-state index in [-0.39, 0.29) is 6.61 Å². The Hall–Kier alpha value is -0.660. The number of halogens is 1. The van der Waals surface area contributed by atoms with Gasteiger partial charge in [-0.15, -0.1) is 0 Å². The van der Waals surface area contributed by atoms with E-state index < -0.39 is 11.6 Å². The van der Waals surface area contributed by atoms with Gasteiger partial charge in [0.05, 0.1) is 5.60 Å². The monoisotopic (exact) mass is 362 g/mol. The molecule has 2 rings (SSSR count). The summed E-state index contributed by atoms with van der Waals surface area (Å²) in [5.41, 5.74) is 0.522. The van der Waals surface area contributed by atoms with Crippen LogP contribution >= 0.6 is 22.6 Å². The van der Waals surface area contributed by atoms with Crippen molar-refractivity contribution in [1.82, 2.24) is 0 Å². The number of carboxylic acids is 1. The average Bonchev–Trinajstić information content (AvgIpc) is 2.38. The minimum atomic E-state index is -0.939. The molecule has 0 spiro atoms. The maximum Gasteiger partial charge on any atom is 0.329 e. The first-order valence-electron chi connectivity index (χ1n) is 5.82. The third-order valence-corrected chi connectivity index (χ3v) is 3.86. The normalized spacial score (nSPS) is 18.5. The maximum atomic E-state index is 10.7. The van der Waals surface area contributed by atoms with Crippen LogP contribution < -0.4 is 0 Å². The van der Waals surface area contributed by atoms with Gasteiger partial charge in [-0.1, -0.05) is 12.1 Å². The van der Waals surface area contributed by atoms with Crippen LogP contribution in [0.4, 0.5) is 0 Å². The molecule has 0 radical (unpaired) electrons. The van der Waals surface area contributed by atoms with Gasteiger partial charge in [0.25, 0.3) is 0 Å².